The molecule has 1 heterocycles. The van der Waals surface area contributed by atoms with Crippen molar-refractivity contribution < 1.29 is 14.1 Å². The van der Waals surface area contributed by atoms with Gasteiger partial charge in [0.2, 0.25) is 0 Å². The number of rotatable bonds is 4. The maximum atomic E-state index is 11.9. The predicted molar refractivity (Wildman–Crippen MR) is 92.8 cm³/mol. The molecule has 0 aliphatic rings. The van der Waals surface area contributed by atoms with Gasteiger partial charge < -0.3 is 9.26 Å². The third-order valence-electron chi connectivity index (χ3n) is 4.09. The Bertz CT molecular complexity index is 846. The van der Waals surface area contributed by atoms with Crippen LogP contribution in [0.25, 0.3) is 22.5 Å². The van der Waals surface area contributed by atoms with E-state index in [4.69, 9.17) is 9.26 Å². The number of hydrogen-bond acceptors (Lipinski definition) is 4. The number of esters is 1. The van der Waals surface area contributed by atoms with Crippen LogP contribution in [0.1, 0.15) is 28.5 Å². The average Bonchev–Trinajstić information content (AvgIpc) is 3.03. The van der Waals surface area contributed by atoms with Gasteiger partial charge in [-0.15, -0.1) is 0 Å². The maximum Gasteiger partial charge on any atom is 0.343 e. The number of carbonyl (C=O) groups excluding carboxylic acids is 1. The first-order valence-corrected chi connectivity index (χ1v) is 7.88. The highest BCUT2D eigenvalue weighted by molar-refractivity contribution is 5.96. The predicted octanol–water partition coefficient (Wildman–Crippen LogP) is 4.67. The van der Waals surface area contributed by atoms with Crippen LogP contribution in [0.5, 0.6) is 0 Å². The summed E-state index contributed by atoms with van der Waals surface area (Å²) in [6.07, 6.45) is 1.03. The van der Waals surface area contributed by atoms with Gasteiger partial charge in [-0.05, 0) is 30.0 Å². The standard InChI is InChI=1S/C20H19NO3/c1-4-14-5-7-15(8-6-14)16-9-11-17(12-10-16)19-18(20(22)23-3)13(2)21-24-19/h5-12H,4H2,1-3H3. The molecule has 0 aliphatic heterocycles. The van der Waals surface area contributed by atoms with Crippen molar-refractivity contribution in [1.82, 2.24) is 5.16 Å². The first-order chi connectivity index (χ1) is 11.6. The van der Waals surface area contributed by atoms with E-state index >= 15 is 0 Å². The lowest BCUT2D eigenvalue weighted by Gasteiger charge is -2.05. The highest BCUT2D eigenvalue weighted by Gasteiger charge is 2.22. The fourth-order valence-corrected chi connectivity index (χ4v) is 2.66. The van der Waals surface area contributed by atoms with Gasteiger partial charge in [0.15, 0.2) is 5.76 Å². The topological polar surface area (TPSA) is 52.3 Å². The van der Waals surface area contributed by atoms with Crippen LogP contribution in [-0.4, -0.2) is 18.2 Å². The lowest BCUT2D eigenvalue weighted by atomic mass is 10.00. The third-order valence-corrected chi connectivity index (χ3v) is 4.09. The van der Waals surface area contributed by atoms with Gasteiger partial charge in [0.1, 0.15) is 5.56 Å². The molecule has 4 nitrogen and oxygen atoms in total. The molecule has 1 aromatic heterocycles. The molecule has 0 fully saturated rings. The van der Waals surface area contributed by atoms with Crippen LogP contribution in [0.15, 0.2) is 53.1 Å². The zero-order chi connectivity index (χ0) is 17.1. The molecule has 3 aromatic rings. The van der Waals surface area contributed by atoms with E-state index in [0.717, 1.165) is 23.1 Å². The van der Waals surface area contributed by atoms with Crippen LogP contribution < -0.4 is 0 Å². The second-order valence-electron chi connectivity index (χ2n) is 5.59. The average molecular weight is 321 g/mol. The number of aromatic nitrogens is 1. The Labute approximate surface area is 141 Å². The van der Waals surface area contributed by atoms with Crippen molar-refractivity contribution in [3.63, 3.8) is 0 Å². The highest BCUT2D eigenvalue weighted by atomic mass is 16.5. The lowest BCUT2D eigenvalue weighted by Crippen LogP contribution is -2.03. The van der Waals surface area contributed by atoms with Crippen molar-refractivity contribution >= 4 is 5.97 Å². The third kappa shape index (κ3) is 2.95. The number of aryl methyl sites for hydroxylation is 2. The summed E-state index contributed by atoms with van der Waals surface area (Å²) >= 11 is 0. The van der Waals surface area contributed by atoms with Gasteiger partial charge in [-0.3, -0.25) is 0 Å². The number of nitrogens with zero attached hydrogens (tertiary/aromatic N) is 1. The summed E-state index contributed by atoms with van der Waals surface area (Å²) in [7, 11) is 1.35. The highest BCUT2D eigenvalue weighted by Crippen LogP contribution is 2.29. The SMILES string of the molecule is CCc1ccc(-c2ccc(-c3onc(C)c3C(=O)OC)cc2)cc1. The van der Waals surface area contributed by atoms with Gasteiger partial charge in [-0.1, -0.05) is 60.6 Å². The molecule has 0 amide bonds. The van der Waals surface area contributed by atoms with E-state index in [9.17, 15) is 4.79 Å². The molecule has 0 saturated heterocycles. The number of ether oxygens (including phenoxy) is 1. The van der Waals surface area contributed by atoms with E-state index in [1.165, 1.54) is 12.7 Å². The summed E-state index contributed by atoms with van der Waals surface area (Å²) in [5.74, 6) is -0.00443. The molecule has 0 radical (unpaired) electrons. The van der Waals surface area contributed by atoms with E-state index in [2.05, 4.69) is 36.3 Å². The van der Waals surface area contributed by atoms with Gasteiger partial charge in [-0.25, -0.2) is 4.79 Å². The van der Waals surface area contributed by atoms with E-state index < -0.39 is 5.97 Å². The van der Waals surface area contributed by atoms with Crippen molar-refractivity contribution in [1.29, 1.82) is 0 Å². The fraction of sp³-hybridized carbons (Fsp3) is 0.200. The summed E-state index contributed by atoms with van der Waals surface area (Å²) in [6.45, 7) is 3.87. The minimum Gasteiger partial charge on any atom is -0.465 e. The molecule has 2 aromatic carbocycles. The summed E-state index contributed by atoms with van der Waals surface area (Å²) < 4.78 is 10.1. The van der Waals surface area contributed by atoms with Crippen LogP contribution >= 0.6 is 0 Å². The lowest BCUT2D eigenvalue weighted by molar-refractivity contribution is 0.0600. The van der Waals surface area contributed by atoms with Crippen molar-refractivity contribution in [3.05, 3.63) is 65.4 Å². The van der Waals surface area contributed by atoms with Crippen LogP contribution in [0.2, 0.25) is 0 Å². The number of carbonyl (C=O) groups is 1. The van der Waals surface area contributed by atoms with E-state index in [1.807, 2.05) is 24.3 Å². The molecule has 122 valence electrons. The number of methoxy groups -OCH3 is 1. The van der Waals surface area contributed by atoms with Crippen LogP contribution in [0, 0.1) is 6.92 Å². The van der Waals surface area contributed by atoms with Crippen molar-refractivity contribution in [2.24, 2.45) is 0 Å². The minimum atomic E-state index is -0.442. The molecular formula is C20H19NO3. The van der Waals surface area contributed by atoms with Crippen LogP contribution in [0.3, 0.4) is 0 Å². The normalized spacial score (nSPS) is 10.6. The van der Waals surface area contributed by atoms with Crippen LogP contribution in [-0.2, 0) is 11.2 Å². The van der Waals surface area contributed by atoms with Crippen molar-refractivity contribution in [2.45, 2.75) is 20.3 Å². The zero-order valence-electron chi connectivity index (χ0n) is 14.0. The smallest absolute Gasteiger partial charge is 0.343 e. The molecule has 4 heteroatoms. The number of benzene rings is 2. The molecule has 0 aliphatic carbocycles. The Hall–Kier alpha value is -2.88. The zero-order valence-corrected chi connectivity index (χ0v) is 14.0. The number of hydrogen-bond donors (Lipinski definition) is 0. The molecule has 0 N–H and O–H groups in total. The molecule has 0 saturated carbocycles. The Morgan fingerprint density at radius 1 is 1.00 bits per heavy atom. The molecule has 24 heavy (non-hydrogen) atoms. The summed E-state index contributed by atoms with van der Waals surface area (Å²) in [5, 5.41) is 3.89. The van der Waals surface area contributed by atoms with Gasteiger partial charge in [0.25, 0.3) is 0 Å². The molecule has 0 atom stereocenters. The Kier molecular flexibility index (Phi) is 4.47. The maximum absolute atomic E-state index is 11.9. The summed E-state index contributed by atoms with van der Waals surface area (Å²) in [6, 6.07) is 16.4. The van der Waals surface area contributed by atoms with Crippen molar-refractivity contribution in [2.75, 3.05) is 7.11 Å². The van der Waals surface area contributed by atoms with Gasteiger partial charge in [-0.2, -0.15) is 0 Å². The summed E-state index contributed by atoms with van der Waals surface area (Å²) in [5.41, 5.74) is 5.27. The van der Waals surface area contributed by atoms with Crippen molar-refractivity contribution in [3.8, 4) is 22.5 Å². The fourth-order valence-electron chi connectivity index (χ4n) is 2.66. The molecule has 0 unspecified atom stereocenters. The Morgan fingerprint density at radius 2 is 1.54 bits per heavy atom. The monoisotopic (exact) mass is 321 g/mol. The van der Waals surface area contributed by atoms with Gasteiger partial charge in [0.05, 0.1) is 12.8 Å². The van der Waals surface area contributed by atoms with Crippen LogP contribution in [0.4, 0.5) is 0 Å². The molecular weight excluding hydrogens is 302 g/mol. The van der Waals surface area contributed by atoms with E-state index in [0.29, 0.717) is 17.0 Å². The van der Waals surface area contributed by atoms with Gasteiger partial charge in [0, 0.05) is 5.56 Å². The molecule has 0 bridgehead atoms. The summed E-state index contributed by atoms with van der Waals surface area (Å²) in [4.78, 5) is 11.9. The Morgan fingerprint density at radius 3 is 2.08 bits per heavy atom. The van der Waals surface area contributed by atoms with Gasteiger partial charge >= 0.3 is 5.97 Å². The first kappa shape index (κ1) is 16.0. The molecule has 0 spiro atoms. The minimum absolute atomic E-state index is 0.373. The Balaban J connectivity index is 1.94. The second kappa shape index (κ2) is 6.71. The quantitative estimate of drug-likeness (QED) is 0.655. The second-order valence-corrected chi connectivity index (χ2v) is 5.59. The molecule has 3 rings (SSSR count). The van der Waals surface area contributed by atoms with E-state index in [1.54, 1.807) is 6.92 Å². The largest absolute Gasteiger partial charge is 0.465 e. The first-order valence-electron chi connectivity index (χ1n) is 7.88. The van der Waals surface area contributed by atoms with E-state index in [-0.39, 0.29) is 0 Å².